The van der Waals surface area contributed by atoms with Crippen LogP contribution in [0.3, 0.4) is 0 Å². The molecule has 0 aromatic heterocycles. The zero-order chi connectivity index (χ0) is 42.2. The summed E-state index contributed by atoms with van der Waals surface area (Å²) >= 11 is 0. The maximum Gasteiger partial charge on any atom is 0.329 e. The number of rotatable bonds is 7. The predicted molar refractivity (Wildman–Crippen MR) is 208 cm³/mol. The highest BCUT2D eigenvalue weighted by Gasteiger charge is 2.56. The summed E-state index contributed by atoms with van der Waals surface area (Å²) in [4.78, 5) is 69.4. The maximum atomic E-state index is 14.3. The molecule has 0 aromatic carbocycles. The SMILES string of the molecule is COC1CC(C=C(C)C2OC(=O)C3CCCCN3C(=O)C(=O)C3(O)OC(C(OC)CC(C)CC(C)/C=C(\CC=O)C(=O)CC(O)C2C)C(OC)CC3C)CCC1O. The topological polar surface area (TPSA) is 195 Å². The van der Waals surface area contributed by atoms with Crippen molar-refractivity contribution in [2.75, 3.05) is 27.9 Å². The van der Waals surface area contributed by atoms with Gasteiger partial charge in [-0.2, -0.15) is 0 Å². The van der Waals surface area contributed by atoms with E-state index in [9.17, 15) is 39.3 Å². The molecule has 14 unspecified atom stereocenters. The summed E-state index contributed by atoms with van der Waals surface area (Å²) in [5.41, 5.74) is 0.888. The Kier molecular flexibility index (Phi) is 17.2. The monoisotopic (exact) mass is 805 g/mol. The second kappa shape index (κ2) is 20.9. The van der Waals surface area contributed by atoms with Crippen LogP contribution >= 0.6 is 0 Å². The van der Waals surface area contributed by atoms with Gasteiger partial charge in [0.2, 0.25) is 5.79 Å². The van der Waals surface area contributed by atoms with Crippen LogP contribution in [-0.2, 0) is 47.7 Å². The molecule has 14 nitrogen and oxygen atoms in total. The summed E-state index contributed by atoms with van der Waals surface area (Å²) in [6.45, 7) is 9.07. The van der Waals surface area contributed by atoms with Crippen LogP contribution in [0.1, 0.15) is 105 Å². The van der Waals surface area contributed by atoms with E-state index < -0.39 is 83.7 Å². The molecule has 322 valence electrons. The van der Waals surface area contributed by atoms with E-state index in [1.807, 2.05) is 19.9 Å². The van der Waals surface area contributed by atoms with E-state index in [4.69, 9.17) is 23.7 Å². The molecule has 1 aliphatic carbocycles. The molecule has 57 heavy (non-hydrogen) atoms. The number of amides is 1. The molecule has 0 spiro atoms. The molecule has 1 amide bonds. The molecule has 4 rings (SSSR count). The van der Waals surface area contributed by atoms with Crippen LogP contribution in [0.2, 0.25) is 0 Å². The maximum absolute atomic E-state index is 14.3. The number of hydrogen-bond acceptors (Lipinski definition) is 13. The third-order valence-corrected chi connectivity index (χ3v) is 12.8. The lowest BCUT2D eigenvalue weighted by atomic mass is 9.81. The molecule has 14 heteroatoms. The van der Waals surface area contributed by atoms with E-state index in [2.05, 4.69) is 0 Å². The van der Waals surface area contributed by atoms with Crippen LogP contribution in [0.4, 0.5) is 0 Å². The molecule has 3 fully saturated rings. The standard InChI is InChI=1S/C43H67NO13/c1-24-17-25(2)19-36(54-7)39-37(55-8)21-27(4)43(52,57-39)40(49)41(50)44-15-10-9-11-31(44)42(51)56-38(26(3)20-29-12-13-32(46)35(22-29)53-6)28(5)33(47)23-34(48)30(18-24)14-16-45/h16,18,20,24-25,27-29,31-33,35-39,46-47,52H,9-15,17,19,21-23H2,1-8H3/b26-20?,30-18+. The van der Waals surface area contributed by atoms with E-state index >= 15 is 0 Å². The number of aldehydes is 1. The second-order valence-electron chi connectivity index (χ2n) is 17.2. The highest BCUT2D eigenvalue weighted by molar-refractivity contribution is 6.39. The minimum atomic E-state index is -2.53. The lowest BCUT2D eigenvalue weighted by Crippen LogP contribution is -2.64. The zero-order valence-electron chi connectivity index (χ0n) is 35.1. The first kappa shape index (κ1) is 46.8. The minimum absolute atomic E-state index is 0.0289. The van der Waals surface area contributed by atoms with Crippen molar-refractivity contribution in [3.05, 3.63) is 23.3 Å². The van der Waals surface area contributed by atoms with E-state index in [1.165, 1.54) is 14.2 Å². The van der Waals surface area contributed by atoms with Crippen molar-refractivity contribution >= 4 is 29.7 Å². The van der Waals surface area contributed by atoms with Crippen molar-refractivity contribution in [2.24, 2.45) is 29.6 Å². The van der Waals surface area contributed by atoms with Gasteiger partial charge in [-0.3, -0.25) is 14.4 Å². The predicted octanol–water partition coefficient (Wildman–Crippen LogP) is 3.65. The van der Waals surface area contributed by atoms with Crippen LogP contribution in [0, 0.1) is 29.6 Å². The summed E-state index contributed by atoms with van der Waals surface area (Å²) < 4.78 is 29.6. The molecular formula is C43H67NO13. The summed E-state index contributed by atoms with van der Waals surface area (Å²) in [6, 6.07) is -1.17. The minimum Gasteiger partial charge on any atom is -0.456 e. The number of ether oxygens (including phenoxy) is 5. The lowest BCUT2D eigenvalue weighted by molar-refractivity contribution is -0.302. The average Bonchev–Trinajstić information content (AvgIpc) is 3.18. The number of aliphatic hydroxyl groups is 3. The number of aliphatic hydroxyl groups excluding tert-OH is 2. The molecule has 1 saturated carbocycles. The van der Waals surface area contributed by atoms with Gasteiger partial charge in [0.05, 0.1) is 30.5 Å². The highest BCUT2D eigenvalue weighted by atomic mass is 16.7. The molecular weight excluding hydrogens is 738 g/mol. The average molecular weight is 806 g/mol. The Labute approximate surface area is 337 Å². The Balaban J connectivity index is 1.78. The van der Waals surface area contributed by atoms with Gasteiger partial charge in [0.15, 0.2) is 5.78 Å². The smallest absolute Gasteiger partial charge is 0.329 e. The second-order valence-corrected chi connectivity index (χ2v) is 17.2. The Morgan fingerprint density at radius 3 is 2.21 bits per heavy atom. The van der Waals surface area contributed by atoms with Gasteiger partial charge in [-0.05, 0) is 93.6 Å². The largest absolute Gasteiger partial charge is 0.456 e. The number of carbonyl (C=O) groups is 5. The van der Waals surface area contributed by atoms with Crippen molar-refractivity contribution in [2.45, 2.75) is 160 Å². The normalized spacial score (nSPS) is 41.0. The Bertz CT molecular complexity index is 1480. The van der Waals surface area contributed by atoms with Gasteiger partial charge in [-0.15, -0.1) is 0 Å². The lowest BCUT2D eigenvalue weighted by Gasteiger charge is -2.47. The van der Waals surface area contributed by atoms with Crippen molar-refractivity contribution in [1.29, 1.82) is 0 Å². The molecule has 3 N–H and O–H groups in total. The van der Waals surface area contributed by atoms with Gasteiger partial charge in [0, 0.05) is 52.6 Å². The highest BCUT2D eigenvalue weighted by Crippen LogP contribution is 2.39. The fraction of sp³-hybridized carbons (Fsp3) is 0.791. The number of allylic oxidation sites excluding steroid dienone is 3. The number of carbonyl (C=O) groups excluding carboxylic acids is 5. The third kappa shape index (κ3) is 11.3. The molecule has 0 radical (unpaired) electrons. The first-order chi connectivity index (χ1) is 27.0. The quantitative estimate of drug-likeness (QED) is 0.146. The molecule has 0 aromatic rings. The van der Waals surface area contributed by atoms with Crippen molar-refractivity contribution in [3.8, 4) is 0 Å². The van der Waals surface area contributed by atoms with E-state index in [0.29, 0.717) is 56.8 Å². The number of cyclic esters (lactones) is 1. The zero-order valence-corrected chi connectivity index (χ0v) is 35.1. The van der Waals surface area contributed by atoms with Gasteiger partial charge < -0.3 is 48.7 Å². The first-order valence-electron chi connectivity index (χ1n) is 20.8. The molecule has 3 heterocycles. The fourth-order valence-corrected chi connectivity index (χ4v) is 9.38. The van der Waals surface area contributed by atoms with Crippen LogP contribution in [-0.4, -0.2) is 132 Å². The Morgan fingerprint density at radius 1 is 0.895 bits per heavy atom. The number of ketones is 2. The molecule has 2 bridgehead atoms. The summed E-state index contributed by atoms with van der Waals surface area (Å²) in [6.07, 6.45) is 2.58. The number of methoxy groups -OCH3 is 3. The number of piperidine rings is 1. The Hall–Kier alpha value is -2.85. The Morgan fingerprint density at radius 2 is 1.56 bits per heavy atom. The van der Waals surface area contributed by atoms with Crippen molar-refractivity contribution in [3.63, 3.8) is 0 Å². The van der Waals surface area contributed by atoms with Crippen LogP contribution in [0.25, 0.3) is 0 Å². The number of Topliss-reactive ketones (excluding diaryl/α,β-unsaturated/α-hetero) is 2. The molecule has 14 atom stereocenters. The van der Waals surface area contributed by atoms with Gasteiger partial charge in [-0.1, -0.05) is 39.8 Å². The summed E-state index contributed by atoms with van der Waals surface area (Å²) in [5, 5.41) is 34.0. The van der Waals surface area contributed by atoms with Crippen LogP contribution < -0.4 is 0 Å². The summed E-state index contributed by atoms with van der Waals surface area (Å²) in [7, 11) is 4.55. The summed E-state index contributed by atoms with van der Waals surface area (Å²) in [5.74, 6) is -7.86. The first-order valence-corrected chi connectivity index (χ1v) is 20.8. The number of nitrogens with zero attached hydrogens (tertiary/aromatic N) is 1. The number of esters is 1. The van der Waals surface area contributed by atoms with E-state index in [1.54, 1.807) is 34.0 Å². The molecule has 2 saturated heterocycles. The number of fused-ring (bicyclic) bond motifs is 3. The van der Waals surface area contributed by atoms with E-state index in [-0.39, 0.29) is 61.7 Å². The van der Waals surface area contributed by atoms with Crippen LogP contribution in [0.15, 0.2) is 23.3 Å². The molecule has 4 aliphatic rings. The van der Waals surface area contributed by atoms with E-state index in [0.717, 1.165) is 4.90 Å². The molecule has 3 aliphatic heterocycles. The number of hydrogen-bond donors (Lipinski definition) is 3. The van der Waals surface area contributed by atoms with Crippen molar-refractivity contribution < 1.29 is 63.0 Å². The van der Waals surface area contributed by atoms with Crippen molar-refractivity contribution in [1.82, 2.24) is 4.90 Å². The van der Waals surface area contributed by atoms with Crippen LogP contribution in [0.5, 0.6) is 0 Å². The van der Waals surface area contributed by atoms with Gasteiger partial charge in [0.1, 0.15) is 24.5 Å². The van der Waals surface area contributed by atoms with Gasteiger partial charge in [-0.25, -0.2) is 4.79 Å². The van der Waals surface area contributed by atoms with Gasteiger partial charge in [0.25, 0.3) is 11.7 Å². The fourth-order valence-electron chi connectivity index (χ4n) is 9.38. The third-order valence-electron chi connectivity index (χ3n) is 12.8. The van der Waals surface area contributed by atoms with Gasteiger partial charge >= 0.3 is 5.97 Å².